The SMILES string of the molecule is CCSc1ccc(Cl)cc1C(=O)N1CCOC(CN(C)CC(=O)O)C1. The normalized spacial score (nSPS) is 17.8. The van der Waals surface area contributed by atoms with Crippen molar-refractivity contribution in [3.63, 3.8) is 0 Å². The molecule has 1 unspecified atom stereocenters. The second-order valence-corrected chi connectivity index (χ2v) is 7.65. The fourth-order valence-corrected chi connectivity index (χ4v) is 3.73. The maximum atomic E-state index is 12.9. The van der Waals surface area contributed by atoms with Gasteiger partial charge >= 0.3 is 5.97 Å². The summed E-state index contributed by atoms with van der Waals surface area (Å²) in [6.45, 7) is 3.83. The van der Waals surface area contributed by atoms with E-state index >= 15 is 0 Å². The van der Waals surface area contributed by atoms with Crippen LogP contribution in [-0.4, -0.2) is 78.5 Å². The first kappa shape index (κ1) is 20.0. The smallest absolute Gasteiger partial charge is 0.317 e. The van der Waals surface area contributed by atoms with Crippen molar-refractivity contribution in [1.29, 1.82) is 0 Å². The zero-order valence-electron chi connectivity index (χ0n) is 14.4. The summed E-state index contributed by atoms with van der Waals surface area (Å²) in [5, 5.41) is 9.38. The van der Waals surface area contributed by atoms with E-state index in [4.69, 9.17) is 21.4 Å². The van der Waals surface area contributed by atoms with Crippen LogP contribution in [-0.2, 0) is 9.53 Å². The number of likely N-dealkylation sites (N-methyl/N-ethyl adjacent to an activating group) is 1. The van der Waals surface area contributed by atoms with Gasteiger partial charge in [0.2, 0.25) is 0 Å². The Labute approximate surface area is 157 Å². The van der Waals surface area contributed by atoms with Gasteiger partial charge in [-0.1, -0.05) is 18.5 Å². The van der Waals surface area contributed by atoms with Crippen molar-refractivity contribution in [3.05, 3.63) is 28.8 Å². The number of carboxylic acid groups (broad SMARTS) is 1. The summed E-state index contributed by atoms with van der Waals surface area (Å²) in [4.78, 5) is 28.1. The Morgan fingerprint density at radius 2 is 2.24 bits per heavy atom. The quantitative estimate of drug-likeness (QED) is 0.725. The number of benzene rings is 1. The van der Waals surface area contributed by atoms with Crippen LogP contribution in [0.15, 0.2) is 23.1 Å². The highest BCUT2D eigenvalue weighted by Gasteiger charge is 2.27. The van der Waals surface area contributed by atoms with E-state index in [1.165, 1.54) is 0 Å². The van der Waals surface area contributed by atoms with E-state index in [2.05, 4.69) is 0 Å². The average molecular weight is 387 g/mol. The Kier molecular flexibility index (Phi) is 7.56. The molecule has 1 aliphatic rings. The van der Waals surface area contributed by atoms with Crippen molar-refractivity contribution in [2.75, 3.05) is 45.6 Å². The fourth-order valence-electron chi connectivity index (χ4n) is 2.78. The summed E-state index contributed by atoms with van der Waals surface area (Å²) in [5.74, 6) is -0.0767. The molecule has 1 aliphatic heterocycles. The number of halogens is 1. The molecule has 1 heterocycles. The highest BCUT2D eigenvalue weighted by atomic mass is 35.5. The molecule has 1 amide bonds. The summed E-state index contributed by atoms with van der Waals surface area (Å²) >= 11 is 7.69. The Morgan fingerprint density at radius 3 is 2.92 bits per heavy atom. The van der Waals surface area contributed by atoms with Gasteiger partial charge in [-0.05, 0) is 31.0 Å². The molecule has 1 atom stereocenters. The van der Waals surface area contributed by atoms with E-state index in [1.807, 2.05) is 13.0 Å². The number of amides is 1. The molecular formula is C17H23ClN2O4S. The Hall–Kier alpha value is -1.28. The lowest BCUT2D eigenvalue weighted by atomic mass is 10.1. The molecule has 0 aromatic heterocycles. The number of hydrogen-bond donors (Lipinski definition) is 1. The summed E-state index contributed by atoms with van der Waals surface area (Å²) in [7, 11) is 1.73. The number of nitrogens with zero attached hydrogens (tertiary/aromatic N) is 2. The van der Waals surface area contributed by atoms with Gasteiger partial charge in [0.25, 0.3) is 5.91 Å². The zero-order chi connectivity index (χ0) is 18.4. The molecule has 1 fully saturated rings. The number of aliphatic carboxylic acids is 1. The second-order valence-electron chi connectivity index (χ2n) is 5.91. The van der Waals surface area contributed by atoms with E-state index in [1.54, 1.807) is 40.7 Å². The van der Waals surface area contributed by atoms with Gasteiger partial charge in [-0.2, -0.15) is 0 Å². The van der Waals surface area contributed by atoms with Crippen molar-refractivity contribution in [2.45, 2.75) is 17.9 Å². The third-order valence-electron chi connectivity index (χ3n) is 3.82. The summed E-state index contributed by atoms with van der Waals surface area (Å²) < 4.78 is 5.69. The predicted molar refractivity (Wildman–Crippen MR) is 98.6 cm³/mol. The third kappa shape index (κ3) is 5.88. The Bertz CT molecular complexity index is 629. The topological polar surface area (TPSA) is 70.1 Å². The molecule has 25 heavy (non-hydrogen) atoms. The first-order valence-corrected chi connectivity index (χ1v) is 9.50. The van der Waals surface area contributed by atoms with Crippen LogP contribution in [0.4, 0.5) is 0 Å². The van der Waals surface area contributed by atoms with Gasteiger partial charge < -0.3 is 14.7 Å². The predicted octanol–water partition coefficient (Wildman–Crippen LogP) is 2.31. The third-order valence-corrected chi connectivity index (χ3v) is 5.01. The number of carboxylic acids is 1. The van der Waals surface area contributed by atoms with Gasteiger partial charge in [0.1, 0.15) is 0 Å². The van der Waals surface area contributed by atoms with Gasteiger partial charge in [0.05, 0.1) is 24.8 Å². The van der Waals surface area contributed by atoms with Gasteiger partial charge in [-0.15, -0.1) is 11.8 Å². The number of hydrogen-bond acceptors (Lipinski definition) is 5. The molecule has 1 aromatic rings. The van der Waals surface area contributed by atoms with Gasteiger partial charge in [0, 0.05) is 29.6 Å². The average Bonchev–Trinajstić information content (AvgIpc) is 2.55. The summed E-state index contributed by atoms with van der Waals surface area (Å²) in [5.41, 5.74) is 0.610. The summed E-state index contributed by atoms with van der Waals surface area (Å²) in [6.07, 6.45) is -0.205. The minimum atomic E-state index is -0.883. The van der Waals surface area contributed by atoms with Gasteiger partial charge in [-0.3, -0.25) is 14.5 Å². The lowest BCUT2D eigenvalue weighted by Crippen LogP contribution is -2.49. The lowest BCUT2D eigenvalue weighted by Gasteiger charge is -2.35. The molecule has 1 saturated heterocycles. The van der Waals surface area contributed by atoms with Crippen LogP contribution in [0.1, 0.15) is 17.3 Å². The minimum absolute atomic E-state index is 0.0562. The first-order valence-electron chi connectivity index (χ1n) is 8.14. The molecule has 0 saturated carbocycles. The molecule has 0 aliphatic carbocycles. The van der Waals surface area contributed by atoms with Crippen molar-refractivity contribution in [1.82, 2.24) is 9.80 Å². The van der Waals surface area contributed by atoms with Crippen LogP contribution >= 0.6 is 23.4 Å². The zero-order valence-corrected chi connectivity index (χ0v) is 16.0. The van der Waals surface area contributed by atoms with E-state index in [-0.39, 0.29) is 18.6 Å². The maximum absolute atomic E-state index is 12.9. The summed E-state index contributed by atoms with van der Waals surface area (Å²) in [6, 6.07) is 5.38. The van der Waals surface area contributed by atoms with Crippen molar-refractivity contribution >= 4 is 35.2 Å². The highest BCUT2D eigenvalue weighted by Crippen LogP contribution is 2.27. The van der Waals surface area contributed by atoms with E-state index < -0.39 is 5.97 Å². The van der Waals surface area contributed by atoms with Crippen molar-refractivity contribution < 1.29 is 19.4 Å². The van der Waals surface area contributed by atoms with E-state index in [0.717, 1.165) is 10.6 Å². The minimum Gasteiger partial charge on any atom is -0.480 e. The molecule has 1 aromatic carbocycles. The lowest BCUT2D eigenvalue weighted by molar-refractivity contribution is -0.138. The number of rotatable bonds is 7. The molecule has 6 nitrogen and oxygen atoms in total. The maximum Gasteiger partial charge on any atom is 0.317 e. The molecule has 2 rings (SSSR count). The van der Waals surface area contributed by atoms with Crippen molar-refractivity contribution in [2.24, 2.45) is 0 Å². The highest BCUT2D eigenvalue weighted by molar-refractivity contribution is 7.99. The molecule has 0 bridgehead atoms. The number of carbonyl (C=O) groups is 2. The first-order chi connectivity index (χ1) is 11.9. The molecular weight excluding hydrogens is 364 g/mol. The number of thioether (sulfide) groups is 1. The van der Waals surface area contributed by atoms with Crippen LogP contribution < -0.4 is 0 Å². The number of carbonyl (C=O) groups excluding carboxylic acids is 1. The standard InChI is InChI=1S/C17H23ClN2O4S/c1-3-25-15-5-4-12(18)8-14(15)17(23)20-6-7-24-13(10-20)9-19(2)11-16(21)22/h4-5,8,13H,3,6-7,9-11H2,1-2H3,(H,21,22). The molecule has 0 spiro atoms. The van der Waals surface area contributed by atoms with Crippen LogP contribution in [0, 0.1) is 0 Å². The molecule has 8 heteroatoms. The second kappa shape index (κ2) is 9.43. The van der Waals surface area contributed by atoms with Crippen LogP contribution in [0.2, 0.25) is 5.02 Å². The molecule has 1 N–H and O–H groups in total. The Morgan fingerprint density at radius 1 is 1.48 bits per heavy atom. The van der Waals surface area contributed by atoms with Crippen molar-refractivity contribution in [3.8, 4) is 0 Å². The van der Waals surface area contributed by atoms with Crippen LogP contribution in [0.3, 0.4) is 0 Å². The van der Waals surface area contributed by atoms with Gasteiger partial charge in [-0.25, -0.2) is 0 Å². The molecule has 0 radical (unpaired) electrons. The van der Waals surface area contributed by atoms with Gasteiger partial charge in [0.15, 0.2) is 0 Å². The fraction of sp³-hybridized carbons (Fsp3) is 0.529. The monoisotopic (exact) mass is 386 g/mol. The number of ether oxygens (including phenoxy) is 1. The van der Waals surface area contributed by atoms with E-state index in [0.29, 0.717) is 36.8 Å². The van der Waals surface area contributed by atoms with E-state index in [9.17, 15) is 9.59 Å². The Balaban J connectivity index is 2.06. The van der Waals surface area contributed by atoms with Crippen LogP contribution in [0.5, 0.6) is 0 Å². The molecule has 138 valence electrons. The van der Waals surface area contributed by atoms with Crippen LogP contribution in [0.25, 0.3) is 0 Å². The largest absolute Gasteiger partial charge is 0.480 e. The number of morpholine rings is 1.